The van der Waals surface area contributed by atoms with E-state index >= 15 is 0 Å². The van der Waals surface area contributed by atoms with Crippen molar-refractivity contribution in [2.24, 2.45) is 0 Å². The standard InChI is InChI=1S/C11H14ClIO3S/c1-3-17(15,16)11(12,13)10(14)9-6-4-8(2)5-7-9/h4-7,10,14H,3H2,1-2H3/t10-,11+/m0/s1. The Balaban J connectivity index is 3.12. The number of aliphatic hydroxyl groups is 1. The number of hydrogen-bond acceptors (Lipinski definition) is 3. The number of aliphatic hydroxyl groups excluding tert-OH is 1. The number of hydrogen-bond donors (Lipinski definition) is 1. The monoisotopic (exact) mass is 388 g/mol. The number of benzene rings is 1. The van der Waals surface area contributed by atoms with E-state index in [2.05, 4.69) is 0 Å². The lowest BCUT2D eigenvalue weighted by Gasteiger charge is -2.26. The molecule has 6 heteroatoms. The molecule has 0 unspecified atom stereocenters. The lowest BCUT2D eigenvalue weighted by molar-refractivity contribution is 0.187. The molecule has 0 aliphatic carbocycles. The maximum atomic E-state index is 11.8. The zero-order chi connectivity index (χ0) is 13.3. The van der Waals surface area contributed by atoms with E-state index in [9.17, 15) is 13.5 Å². The van der Waals surface area contributed by atoms with E-state index in [1.807, 2.05) is 6.92 Å². The molecule has 0 spiro atoms. The zero-order valence-corrected chi connectivity index (χ0v) is 13.3. The van der Waals surface area contributed by atoms with Crippen LogP contribution in [-0.2, 0) is 9.84 Å². The summed E-state index contributed by atoms with van der Waals surface area (Å²) in [6.45, 7) is 3.42. The van der Waals surface area contributed by atoms with Crippen molar-refractivity contribution in [3.05, 3.63) is 35.4 Å². The molecule has 0 aliphatic rings. The third-order valence-corrected chi connectivity index (χ3v) is 7.83. The minimum Gasteiger partial charge on any atom is -0.385 e. The third-order valence-electron chi connectivity index (χ3n) is 2.51. The molecule has 0 saturated heterocycles. The maximum Gasteiger partial charge on any atom is 0.225 e. The van der Waals surface area contributed by atoms with Gasteiger partial charge in [-0.1, -0.05) is 48.4 Å². The van der Waals surface area contributed by atoms with Gasteiger partial charge in [0.05, 0.1) is 5.75 Å². The van der Waals surface area contributed by atoms with Crippen LogP contribution in [0, 0.1) is 6.92 Å². The van der Waals surface area contributed by atoms with E-state index in [0.29, 0.717) is 5.56 Å². The smallest absolute Gasteiger partial charge is 0.225 e. The fraction of sp³-hybridized carbons (Fsp3) is 0.455. The molecule has 0 bridgehead atoms. The Morgan fingerprint density at radius 3 is 2.29 bits per heavy atom. The molecule has 0 aliphatic heterocycles. The first kappa shape index (κ1) is 15.2. The second-order valence-corrected chi connectivity index (χ2v) is 10.1. The van der Waals surface area contributed by atoms with Crippen molar-refractivity contribution in [3.63, 3.8) is 0 Å². The number of alkyl halides is 2. The molecule has 1 N–H and O–H groups in total. The predicted molar refractivity (Wildman–Crippen MR) is 78.2 cm³/mol. The summed E-state index contributed by atoms with van der Waals surface area (Å²) in [6.07, 6.45) is -1.25. The van der Waals surface area contributed by atoms with Crippen LogP contribution < -0.4 is 0 Å². The number of aryl methyl sites for hydroxylation is 1. The summed E-state index contributed by atoms with van der Waals surface area (Å²) in [5.74, 6) is -0.109. The fourth-order valence-corrected chi connectivity index (χ4v) is 3.91. The SMILES string of the molecule is CCS(=O)(=O)[C@](Cl)(I)[C@@H](O)c1ccc(C)cc1. The Labute approximate surface area is 120 Å². The highest BCUT2D eigenvalue weighted by atomic mass is 127. The van der Waals surface area contributed by atoms with Gasteiger partial charge in [-0.05, 0) is 35.1 Å². The Kier molecular flexibility index (Phi) is 4.85. The van der Waals surface area contributed by atoms with Crippen LogP contribution in [0.15, 0.2) is 24.3 Å². The van der Waals surface area contributed by atoms with Gasteiger partial charge in [-0.15, -0.1) is 0 Å². The number of halogens is 2. The van der Waals surface area contributed by atoms with E-state index in [-0.39, 0.29) is 5.75 Å². The molecule has 0 heterocycles. The lowest BCUT2D eigenvalue weighted by Crippen LogP contribution is -2.34. The topological polar surface area (TPSA) is 54.4 Å². The van der Waals surface area contributed by atoms with Crippen LogP contribution in [0.5, 0.6) is 0 Å². The molecule has 0 amide bonds. The van der Waals surface area contributed by atoms with Gasteiger partial charge in [0.1, 0.15) is 6.10 Å². The van der Waals surface area contributed by atoms with Gasteiger partial charge < -0.3 is 5.11 Å². The van der Waals surface area contributed by atoms with Gasteiger partial charge in [0, 0.05) is 0 Å². The fourth-order valence-electron chi connectivity index (χ4n) is 1.31. The summed E-state index contributed by atoms with van der Waals surface area (Å²) in [7, 11) is -3.55. The van der Waals surface area contributed by atoms with E-state index in [1.165, 1.54) is 6.92 Å². The maximum absolute atomic E-state index is 11.8. The number of rotatable bonds is 4. The Hall–Kier alpha value is 0.150. The molecule has 1 aromatic rings. The average molecular weight is 389 g/mol. The molecule has 1 rings (SSSR count). The highest BCUT2D eigenvalue weighted by Crippen LogP contribution is 2.43. The second kappa shape index (κ2) is 5.42. The van der Waals surface area contributed by atoms with Crippen LogP contribution in [0.25, 0.3) is 0 Å². The van der Waals surface area contributed by atoms with Crippen molar-refractivity contribution < 1.29 is 13.5 Å². The van der Waals surface area contributed by atoms with Crippen LogP contribution in [0.3, 0.4) is 0 Å². The summed E-state index contributed by atoms with van der Waals surface area (Å²) in [5.41, 5.74) is 1.53. The largest absolute Gasteiger partial charge is 0.385 e. The summed E-state index contributed by atoms with van der Waals surface area (Å²) < 4.78 is 21.9. The Morgan fingerprint density at radius 2 is 1.88 bits per heavy atom. The van der Waals surface area contributed by atoms with Crippen LogP contribution in [0.2, 0.25) is 0 Å². The molecule has 1 aromatic carbocycles. The van der Waals surface area contributed by atoms with Crippen molar-refractivity contribution >= 4 is 44.0 Å². The highest BCUT2D eigenvalue weighted by Gasteiger charge is 2.45. The normalized spacial score (nSPS) is 17.5. The molecule has 0 aromatic heterocycles. The van der Waals surface area contributed by atoms with Gasteiger partial charge in [0.15, 0.2) is 9.84 Å². The van der Waals surface area contributed by atoms with Gasteiger partial charge in [0.25, 0.3) is 0 Å². The third kappa shape index (κ3) is 3.13. The van der Waals surface area contributed by atoms with Crippen molar-refractivity contribution in [2.45, 2.75) is 22.2 Å². The Morgan fingerprint density at radius 1 is 1.41 bits per heavy atom. The average Bonchev–Trinajstić information content (AvgIpc) is 2.28. The molecule has 96 valence electrons. The van der Waals surface area contributed by atoms with Crippen LogP contribution in [-0.4, -0.2) is 21.5 Å². The van der Waals surface area contributed by atoms with E-state index in [0.717, 1.165) is 5.56 Å². The molecule has 2 atom stereocenters. The van der Waals surface area contributed by atoms with Gasteiger partial charge in [-0.2, -0.15) is 0 Å². The summed E-state index contributed by atoms with van der Waals surface area (Å²) in [5, 5.41) is 10.1. The van der Waals surface area contributed by atoms with Crippen LogP contribution in [0.4, 0.5) is 0 Å². The second-order valence-electron chi connectivity index (χ2n) is 3.78. The quantitative estimate of drug-likeness (QED) is 0.637. The van der Waals surface area contributed by atoms with Crippen molar-refractivity contribution in [3.8, 4) is 0 Å². The van der Waals surface area contributed by atoms with Gasteiger partial charge >= 0.3 is 0 Å². The first-order valence-electron chi connectivity index (χ1n) is 5.07. The summed E-state index contributed by atoms with van der Waals surface area (Å²) in [4.78, 5) is 0. The molecular formula is C11H14ClIO3S. The molecule has 0 saturated carbocycles. The van der Waals surface area contributed by atoms with E-state index in [1.54, 1.807) is 46.9 Å². The minimum atomic E-state index is -3.55. The summed E-state index contributed by atoms with van der Waals surface area (Å²) >= 11 is 7.59. The van der Waals surface area contributed by atoms with Gasteiger partial charge in [0.2, 0.25) is 2.21 Å². The Bertz CT molecular complexity index is 482. The molecule has 0 fully saturated rings. The molecule has 3 nitrogen and oxygen atoms in total. The van der Waals surface area contributed by atoms with Crippen molar-refractivity contribution in [2.75, 3.05) is 5.75 Å². The van der Waals surface area contributed by atoms with Crippen molar-refractivity contribution in [1.82, 2.24) is 0 Å². The highest BCUT2D eigenvalue weighted by molar-refractivity contribution is 14.1. The van der Waals surface area contributed by atoms with Crippen LogP contribution in [0.1, 0.15) is 24.2 Å². The molecular weight excluding hydrogens is 375 g/mol. The van der Waals surface area contributed by atoms with Crippen molar-refractivity contribution in [1.29, 1.82) is 0 Å². The first-order valence-corrected chi connectivity index (χ1v) is 8.18. The van der Waals surface area contributed by atoms with E-state index < -0.39 is 18.2 Å². The minimum absolute atomic E-state index is 0.109. The van der Waals surface area contributed by atoms with E-state index in [4.69, 9.17) is 11.6 Å². The van der Waals surface area contributed by atoms with Gasteiger partial charge in [-0.25, -0.2) is 8.42 Å². The molecule has 0 radical (unpaired) electrons. The zero-order valence-electron chi connectivity index (χ0n) is 9.52. The summed E-state index contributed by atoms with van der Waals surface area (Å²) in [6, 6.07) is 6.98. The first-order chi connectivity index (χ1) is 7.72. The lowest BCUT2D eigenvalue weighted by atomic mass is 10.1. The number of sulfone groups is 1. The predicted octanol–water partition coefficient (Wildman–Crippen LogP) is 2.79. The van der Waals surface area contributed by atoms with Gasteiger partial charge in [-0.3, -0.25) is 0 Å². The molecule has 17 heavy (non-hydrogen) atoms. The van der Waals surface area contributed by atoms with Crippen LogP contribution >= 0.6 is 34.2 Å².